The van der Waals surface area contributed by atoms with Crippen LogP contribution in [-0.2, 0) is 17.8 Å². The molecule has 0 saturated carbocycles. The quantitative estimate of drug-likeness (QED) is 0.848. The Kier molecular flexibility index (Phi) is 3.29. The number of fused-ring (bicyclic) bond motifs is 1. The van der Waals surface area contributed by atoms with Gasteiger partial charge in [-0.05, 0) is 43.8 Å². The molecule has 0 spiro atoms. The second kappa shape index (κ2) is 5.07. The molecule has 1 aromatic carbocycles. The van der Waals surface area contributed by atoms with Gasteiger partial charge in [-0.25, -0.2) is 0 Å². The highest BCUT2D eigenvalue weighted by molar-refractivity contribution is 5.42. The molecule has 17 heavy (non-hydrogen) atoms. The van der Waals surface area contributed by atoms with Crippen molar-refractivity contribution >= 4 is 0 Å². The normalized spacial score (nSPS) is 23.9. The molecule has 3 nitrogen and oxygen atoms in total. The molecule has 2 aliphatic rings. The SMILES string of the molecule is c1cc2c(c(CC3CCCNC3)c1)OCOC2. The van der Waals surface area contributed by atoms with Crippen LogP contribution < -0.4 is 10.1 Å². The van der Waals surface area contributed by atoms with E-state index in [1.165, 1.54) is 30.5 Å². The maximum atomic E-state index is 5.65. The summed E-state index contributed by atoms with van der Waals surface area (Å²) in [4.78, 5) is 0. The Morgan fingerprint density at radius 1 is 1.35 bits per heavy atom. The topological polar surface area (TPSA) is 30.5 Å². The number of piperidine rings is 1. The highest BCUT2D eigenvalue weighted by Crippen LogP contribution is 2.30. The lowest BCUT2D eigenvalue weighted by Crippen LogP contribution is -2.31. The van der Waals surface area contributed by atoms with Gasteiger partial charge < -0.3 is 14.8 Å². The molecule has 1 unspecified atom stereocenters. The highest BCUT2D eigenvalue weighted by Gasteiger charge is 2.19. The third-order valence-corrected chi connectivity index (χ3v) is 3.63. The van der Waals surface area contributed by atoms with Crippen LogP contribution in [0, 0.1) is 5.92 Å². The van der Waals surface area contributed by atoms with Crippen LogP contribution in [0.3, 0.4) is 0 Å². The summed E-state index contributed by atoms with van der Waals surface area (Å²) in [5, 5.41) is 3.47. The first-order valence-electron chi connectivity index (χ1n) is 6.45. The summed E-state index contributed by atoms with van der Waals surface area (Å²) in [6.45, 7) is 3.40. The Bertz CT molecular complexity index is 386. The molecule has 0 aliphatic carbocycles. The molecule has 3 rings (SSSR count). The Morgan fingerprint density at radius 3 is 3.24 bits per heavy atom. The van der Waals surface area contributed by atoms with Crippen LogP contribution in [0.4, 0.5) is 0 Å². The Hall–Kier alpha value is -1.06. The third kappa shape index (κ3) is 2.45. The molecule has 2 aliphatic heterocycles. The van der Waals surface area contributed by atoms with Crippen molar-refractivity contribution < 1.29 is 9.47 Å². The maximum Gasteiger partial charge on any atom is 0.189 e. The standard InChI is InChI=1S/C14H19NO2/c1-4-12(7-11-3-2-6-15-8-11)14-13(5-1)9-16-10-17-14/h1,4-5,11,15H,2-3,6-10H2. The van der Waals surface area contributed by atoms with Gasteiger partial charge >= 0.3 is 0 Å². The fourth-order valence-corrected chi connectivity index (χ4v) is 2.76. The van der Waals surface area contributed by atoms with Gasteiger partial charge in [0.15, 0.2) is 6.79 Å². The predicted molar refractivity (Wildman–Crippen MR) is 66.0 cm³/mol. The number of ether oxygens (including phenoxy) is 2. The molecule has 0 bridgehead atoms. The number of nitrogens with one attached hydrogen (secondary N) is 1. The maximum absolute atomic E-state index is 5.65. The van der Waals surface area contributed by atoms with E-state index in [0.29, 0.717) is 13.4 Å². The van der Waals surface area contributed by atoms with Crippen LogP contribution in [0.25, 0.3) is 0 Å². The van der Waals surface area contributed by atoms with Crippen molar-refractivity contribution in [2.24, 2.45) is 5.92 Å². The first-order valence-corrected chi connectivity index (χ1v) is 6.45. The van der Waals surface area contributed by atoms with Crippen molar-refractivity contribution in [1.82, 2.24) is 5.32 Å². The number of benzene rings is 1. The molecule has 0 amide bonds. The van der Waals surface area contributed by atoms with E-state index in [-0.39, 0.29) is 0 Å². The first kappa shape index (κ1) is 11.1. The van der Waals surface area contributed by atoms with Gasteiger partial charge in [-0.3, -0.25) is 0 Å². The van der Waals surface area contributed by atoms with E-state index in [0.717, 1.165) is 24.6 Å². The number of hydrogen-bond donors (Lipinski definition) is 1. The largest absolute Gasteiger partial charge is 0.467 e. The van der Waals surface area contributed by atoms with Crippen molar-refractivity contribution in [2.45, 2.75) is 25.9 Å². The molecule has 1 fully saturated rings. The predicted octanol–water partition coefficient (Wildman–Crippen LogP) is 2.10. The molecule has 1 atom stereocenters. The number of hydrogen-bond acceptors (Lipinski definition) is 3. The van der Waals surface area contributed by atoms with E-state index in [1.54, 1.807) is 0 Å². The minimum atomic E-state index is 0.396. The summed E-state index contributed by atoms with van der Waals surface area (Å²) in [7, 11) is 0. The lowest BCUT2D eigenvalue weighted by molar-refractivity contribution is -0.0171. The molecule has 1 saturated heterocycles. The van der Waals surface area contributed by atoms with Gasteiger partial charge in [0.25, 0.3) is 0 Å². The molecule has 0 aromatic heterocycles. The minimum Gasteiger partial charge on any atom is -0.467 e. The van der Waals surface area contributed by atoms with Crippen LogP contribution in [0.1, 0.15) is 24.0 Å². The minimum absolute atomic E-state index is 0.396. The molecular weight excluding hydrogens is 214 g/mol. The van der Waals surface area contributed by atoms with Gasteiger partial charge in [0, 0.05) is 5.56 Å². The van der Waals surface area contributed by atoms with Gasteiger partial charge in [0.05, 0.1) is 6.61 Å². The fourth-order valence-electron chi connectivity index (χ4n) is 2.76. The van der Waals surface area contributed by atoms with Crippen molar-refractivity contribution in [3.8, 4) is 5.75 Å². The Labute approximate surface area is 102 Å². The summed E-state index contributed by atoms with van der Waals surface area (Å²) < 4.78 is 11.0. The molecule has 2 heterocycles. The summed E-state index contributed by atoms with van der Waals surface area (Å²) in [6, 6.07) is 6.40. The molecule has 92 valence electrons. The van der Waals surface area contributed by atoms with E-state index < -0.39 is 0 Å². The van der Waals surface area contributed by atoms with E-state index in [9.17, 15) is 0 Å². The number of para-hydroxylation sites is 1. The van der Waals surface area contributed by atoms with Crippen molar-refractivity contribution in [2.75, 3.05) is 19.9 Å². The van der Waals surface area contributed by atoms with Gasteiger partial charge in [0.1, 0.15) is 5.75 Å². The van der Waals surface area contributed by atoms with Gasteiger partial charge in [-0.15, -0.1) is 0 Å². The average molecular weight is 233 g/mol. The van der Waals surface area contributed by atoms with E-state index in [2.05, 4.69) is 23.5 Å². The van der Waals surface area contributed by atoms with E-state index in [4.69, 9.17) is 9.47 Å². The van der Waals surface area contributed by atoms with Crippen LogP contribution in [0.15, 0.2) is 18.2 Å². The Morgan fingerprint density at radius 2 is 2.35 bits per heavy atom. The fraction of sp³-hybridized carbons (Fsp3) is 0.571. The highest BCUT2D eigenvalue weighted by atomic mass is 16.7. The second-order valence-electron chi connectivity index (χ2n) is 4.93. The van der Waals surface area contributed by atoms with Crippen LogP contribution in [0.2, 0.25) is 0 Å². The van der Waals surface area contributed by atoms with Crippen LogP contribution >= 0.6 is 0 Å². The van der Waals surface area contributed by atoms with E-state index >= 15 is 0 Å². The van der Waals surface area contributed by atoms with Crippen LogP contribution in [0.5, 0.6) is 5.75 Å². The molecule has 3 heteroatoms. The van der Waals surface area contributed by atoms with E-state index in [1.807, 2.05) is 0 Å². The zero-order chi connectivity index (χ0) is 11.5. The van der Waals surface area contributed by atoms with Crippen molar-refractivity contribution in [3.05, 3.63) is 29.3 Å². The smallest absolute Gasteiger partial charge is 0.189 e. The summed E-state index contributed by atoms with van der Waals surface area (Å²) in [6.07, 6.45) is 3.74. The number of rotatable bonds is 2. The third-order valence-electron chi connectivity index (χ3n) is 3.63. The van der Waals surface area contributed by atoms with Gasteiger partial charge in [0.2, 0.25) is 0 Å². The monoisotopic (exact) mass is 233 g/mol. The lowest BCUT2D eigenvalue weighted by Gasteiger charge is -2.25. The van der Waals surface area contributed by atoms with Crippen molar-refractivity contribution in [1.29, 1.82) is 0 Å². The summed E-state index contributed by atoms with van der Waals surface area (Å²) >= 11 is 0. The van der Waals surface area contributed by atoms with Crippen molar-refractivity contribution in [3.63, 3.8) is 0 Å². The van der Waals surface area contributed by atoms with Gasteiger partial charge in [-0.2, -0.15) is 0 Å². The molecular formula is C14H19NO2. The lowest BCUT2D eigenvalue weighted by atomic mass is 9.91. The zero-order valence-corrected chi connectivity index (χ0v) is 10.1. The first-order chi connectivity index (χ1) is 8.43. The molecule has 0 radical (unpaired) electrons. The second-order valence-corrected chi connectivity index (χ2v) is 4.93. The Balaban J connectivity index is 1.77. The van der Waals surface area contributed by atoms with Gasteiger partial charge in [-0.1, -0.05) is 18.2 Å². The average Bonchev–Trinajstić information content (AvgIpc) is 2.40. The molecule has 1 aromatic rings. The molecule has 1 N–H and O–H groups in total. The zero-order valence-electron chi connectivity index (χ0n) is 10.1. The summed E-state index contributed by atoms with van der Waals surface area (Å²) in [5.74, 6) is 1.83. The van der Waals surface area contributed by atoms with Crippen LogP contribution in [-0.4, -0.2) is 19.9 Å². The summed E-state index contributed by atoms with van der Waals surface area (Å²) in [5.41, 5.74) is 2.54.